The van der Waals surface area contributed by atoms with Crippen molar-refractivity contribution in [3.05, 3.63) is 65.7 Å². The van der Waals surface area contributed by atoms with E-state index in [2.05, 4.69) is 24.3 Å². The van der Waals surface area contributed by atoms with Crippen molar-refractivity contribution < 1.29 is 14.7 Å². The maximum atomic E-state index is 11.0. The summed E-state index contributed by atoms with van der Waals surface area (Å²) in [6.45, 7) is 3.43. The second-order valence-corrected chi connectivity index (χ2v) is 6.40. The quantitative estimate of drug-likeness (QED) is 0.857. The van der Waals surface area contributed by atoms with Gasteiger partial charge < -0.3 is 14.7 Å². The van der Waals surface area contributed by atoms with Crippen molar-refractivity contribution in [2.75, 3.05) is 26.7 Å². The summed E-state index contributed by atoms with van der Waals surface area (Å²) in [6.07, 6.45) is 2.11. The molecular formula is C20H26NO2+. The molecule has 2 N–H and O–H groups in total. The summed E-state index contributed by atoms with van der Waals surface area (Å²) in [5, 5.41) is 11.0. The third-order valence-electron chi connectivity index (χ3n) is 4.89. The molecule has 0 amide bonds. The molecular weight excluding hydrogens is 286 g/mol. The normalized spacial score (nSPS) is 17.8. The van der Waals surface area contributed by atoms with Crippen molar-refractivity contribution in [1.82, 2.24) is 0 Å². The first-order valence-corrected chi connectivity index (χ1v) is 8.48. The molecule has 1 aliphatic heterocycles. The summed E-state index contributed by atoms with van der Waals surface area (Å²) < 4.78 is 5.22. The van der Waals surface area contributed by atoms with Crippen molar-refractivity contribution >= 4 is 0 Å². The van der Waals surface area contributed by atoms with Crippen LogP contribution in [-0.2, 0) is 0 Å². The van der Waals surface area contributed by atoms with E-state index in [0.717, 1.165) is 17.9 Å². The number of ether oxygens (including phenoxy) is 1. The van der Waals surface area contributed by atoms with Gasteiger partial charge in [0.25, 0.3) is 0 Å². The number of methoxy groups -OCH3 is 1. The number of hydrogen-bond acceptors (Lipinski definition) is 2. The third kappa shape index (κ3) is 3.92. The number of likely N-dealkylation sites (tertiary alicyclic amines) is 1. The molecule has 1 saturated heterocycles. The lowest BCUT2D eigenvalue weighted by molar-refractivity contribution is -0.889. The Kier molecular flexibility index (Phi) is 5.31. The van der Waals surface area contributed by atoms with E-state index in [1.807, 2.05) is 30.3 Å². The number of rotatable bonds is 6. The molecule has 2 atom stereocenters. The Balaban J connectivity index is 1.83. The fourth-order valence-electron chi connectivity index (χ4n) is 3.54. The van der Waals surface area contributed by atoms with E-state index in [-0.39, 0.29) is 5.92 Å². The van der Waals surface area contributed by atoms with E-state index in [4.69, 9.17) is 4.74 Å². The van der Waals surface area contributed by atoms with Crippen LogP contribution in [0.2, 0.25) is 0 Å². The highest BCUT2D eigenvalue weighted by molar-refractivity contribution is 5.31. The molecule has 3 heteroatoms. The van der Waals surface area contributed by atoms with Crippen LogP contribution < -0.4 is 9.64 Å². The summed E-state index contributed by atoms with van der Waals surface area (Å²) in [5.41, 5.74) is 2.17. The molecule has 1 fully saturated rings. The fourth-order valence-corrected chi connectivity index (χ4v) is 3.54. The van der Waals surface area contributed by atoms with Crippen LogP contribution >= 0.6 is 0 Å². The monoisotopic (exact) mass is 312 g/mol. The van der Waals surface area contributed by atoms with Crippen LogP contribution in [0.15, 0.2) is 54.6 Å². The second kappa shape index (κ2) is 7.62. The van der Waals surface area contributed by atoms with Gasteiger partial charge >= 0.3 is 0 Å². The second-order valence-electron chi connectivity index (χ2n) is 6.40. The smallest absolute Gasteiger partial charge is 0.118 e. The van der Waals surface area contributed by atoms with Crippen LogP contribution in [-0.4, -0.2) is 31.9 Å². The molecule has 2 aromatic carbocycles. The van der Waals surface area contributed by atoms with Crippen molar-refractivity contribution in [1.29, 1.82) is 0 Å². The Hall–Kier alpha value is -1.84. The maximum absolute atomic E-state index is 11.0. The number of benzene rings is 2. The highest BCUT2D eigenvalue weighted by Gasteiger charge is 2.28. The molecule has 0 aliphatic carbocycles. The number of aliphatic hydroxyl groups excluding tert-OH is 1. The molecule has 3 nitrogen and oxygen atoms in total. The minimum absolute atomic E-state index is 0.123. The van der Waals surface area contributed by atoms with Gasteiger partial charge in [-0.15, -0.1) is 0 Å². The molecule has 0 spiro atoms. The van der Waals surface area contributed by atoms with Crippen LogP contribution in [0.3, 0.4) is 0 Å². The number of hydrogen-bond donors (Lipinski definition) is 2. The lowest BCUT2D eigenvalue weighted by Crippen LogP contribution is -3.10. The maximum Gasteiger partial charge on any atom is 0.118 e. The van der Waals surface area contributed by atoms with Crippen LogP contribution in [0.5, 0.6) is 5.75 Å². The number of quaternary nitrogens is 1. The van der Waals surface area contributed by atoms with Gasteiger partial charge in [-0.1, -0.05) is 42.5 Å². The van der Waals surface area contributed by atoms with E-state index >= 15 is 0 Å². The molecule has 0 saturated carbocycles. The minimum Gasteiger partial charge on any atom is -0.497 e. The van der Waals surface area contributed by atoms with Gasteiger partial charge in [0.05, 0.1) is 38.8 Å². The summed E-state index contributed by atoms with van der Waals surface area (Å²) >= 11 is 0. The molecule has 2 unspecified atom stereocenters. The first-order valence-electron chi connectivity index (χ1n) is 8.48. The van der Waals surface area contributed by atoms with Crippen molar-refractivity contribution in [2.24, 2.45) is 0 Å². The molecule has 1 aliphatic rings. The molecule has 2 aromatic rings. The van der Waals surface area contributed by atoms with Crippen molar-refractivity contribution in [2.45, 2.75) is 24.9 Å². The fraction of sp³-hybridized carbons (Fsp3) is 0.400. The predicted octanol–water partition coefficient (Wildman–Crippen LogP) is 2.19. The van der Waals surface area contributed by atoms with Crippen molar-refractivity contribution in [3.8, 4) is 5.75 Å². The van der Waals surface area contributed by atoms with Gasteiger partial charge in [-0.2, -0.15) is 0 Å². The topological polar surface area (TPSA) is 33.9 Å². The van der Waals surface area contributed by atoms with Crippen LogP contribution in [0, 0.1) is 0 Å². The zero-order valence-corrected chi connectivity index (χ0v) is 13.7. The van der Waals surface area contributed by atoms with Crippen LogP contribution in [0.1, 0.15) is 36.0 Å². The molecule has 23 heavy (non-hydrogen) atoms. The van der Waals surface area contributed by atoms with Crippen LogP contribution in [0.4, 0.5) is 0 Å². The Morgan fingerprint density at radius 2 is 1.61 bits per heavy atom. The summed E-state index contributed by atoms with van der Waals surface area (Å²) in [6, 6.07) is 18.2. The van der Waals surface area contributed by atoms with Gasteiger partial charge in [0, 0.05) is 12.8 Å². The zero-order chi connectivity index (χ0) is 16.1. The third-order valence-corrected chi connectivity index (χ3v) is 4.89. The van der Waals surface area contributed by atoms with E-state index in [9.17, 15) is 5.11 Å². The van der Waals surface area contributed by atoms with Crippen molar-refractivity contribution in [3.63, 3.8) is 0 Å². The lowest BCUT2D eigenvalue weighted by atomic mass is 9.88. The van der Waals surface area contributed by atoms with Gasteiger partial charge in [0.15, 0.2) is 0 Å². The van der Waals surface area contributed by atoms with Crippen LogP contribution in [0.25, 0.3) is 0 Å². The average Bonchev–Trinajstić information content (AvgIpc) is 3.13. The predicted molar refractivity (Wildman–Crippen MR) is 91.9 cm³/mol. The zero-order valence-electron chi connectivity index (χ0n) is 13.7. The molecule has 1 heterocycles. The Morgan fingerprint density at radius 3 is 2.22 bits per heavy atom. The lowest BCUT2D eigenvalue weighted by Gasteiger charge is -2.26. The molecule has 0 bridgehead atoms. The first kappa shape index (κ1) is 16.0. The summed E-state index contributed by atoms with van der Waals surface area (Å²) in [7, 11) is 1.66. The van der Waals surface area contributed by atoms with Gasteiger partial charge in [-0.05, 0) is 23.3 Å². The largest absolute Gasteiger partial charge is 0.497 e. The number of aliphatic hydroxyl groups is 1. The molecule has 122 valence electrons. The Labute approximate surface area is 138 Å². The summed E-state index contributed by atoms with van der Waals surface area (Å²) in [4.78, 5) is 1.60. The highest BCUT2D eigenvalue weighted by Crippen LogP contribution is 2.31. The Morgan fingerprint density at radius 1 is 0.957 bits per heavy atom. The van der Waals surface area contributed by atoms with E-state index < -0.39 is 6.10 Å². The Bertz CT molecular complexity index is 591. The highest BCUT2D eigenvalue weighted by atomic mass is 16.5. The molecule has 0 aromatic heterocycles. The van der Waals surface area contributed by atoms with E-state index in [0.29, 0.717) is 0 Å². The van der Waals surface area contributed by atoms with E-state index in [1.54, 1.807) is 12.0 Å². The van der Waals surface area contributed by atoms with Gasteiger partial charge in [0.2, 0.25) is 0 Å². The molecule has 3 rings (SSSR count). The summed E-state index contributed by atoms with van der Waals surface area (Å²) in [5.74, 6) is 0.945. The first-order chi connectivity index (χ1) is 11.3. The minimum atomic E-state index is -0.489. The van der Waals surface area contributed by atoms with Gasteiger partial charge in [-0.25, -0.2) is 0 Å². The van der Waals surface area contributed by atoms with Gasteiger partial charge in [0.1, 0.15) is 5.75 Å². The SMILES string of the molecule is COc1ccc(C(O)C(C[NH+]2CCCC2)c2ccccc2)cc1. The average molecular weight is 312 g/mol. The standard InChI is InChI=1S/C20H25NO2/c1-23-18-11-9-17(10-12-18)20(22)19(15-21-13-5-6-14-21)16-7-3-2-4-8-16/h2-4,7-12,19-20,22H,5-6,13-15H2,1H3/p+1. The van der Waals surface area contributed by atoms with E-state index in [1.165, 1.54) is 31.5 Å². The number of nitrogens with one attached hydrogen (secondary N) is 1. The molecule has 0 radical (unpaired) electrons. The van der Waals surface area contributed by atoms with Gasteiger partial charge in [-0.3, -0.25) is 0 Å².